The number of amides is 1. The number of methoxy groups -OCH3 is 2. The first-order valence-corrected chi connectivity index (χ1v) is 10.1. The Kier molecular flexibility index (Phi) is 6.50. The van der Waals surface area contributed by atoms with Crippen molar-refractivity contribution in [3.63, 3.8) is 0 Å². The summed E-state index contributed by atoms with van der Waals surface area (Å²) in [4.78, 5) is 11.3. The number of benzene rings is 1. The molecule has 1 aromatic carbocycles. The van der Waals surface area contributed by atoms with Gasteiger partial charge in [0.25, 0.3) is 0 Å². The van der Waals surface area contributed by atoms with Gasteiger partial charge in [0, 0.05) is 19.3 Å². The average Bonchev–Trinajstić information content (AvgIpc) is 2.61. The number of thioether (sulfide) groups is 1. The van der Waals surface area contributed by atoms with E-state index in [4.69, 9.17) is 4.74 Å². The van der Waals surface area contributed by atoms with E-state index < -0.39 is 21.7 Å². The highest BCUT2D eigenvalue weighted by Crippen LogP contribution is 2.29. The lowest BCUT2D eigenvalue weighted by molar-refractivity contribution is -0.0119. The fourth-order valence-electron chi connectivity index (χ4n) is 2.39. The highest BCUT2D eigenvalue weighted by atomic mass is 32.2. The minimum absolute atomic E-state index is 0.134. The number of ether oxygens (including phenoxy) is 2. The molecule has 24 heavy (non-hydrogen) atoms. The highest BCUT2D eigenvalue weighted by Gasteiger charge is 2.33. The van der Waals surface area contributed by atoms with Crippen LogP contribution in [0, 0.1) is 0 Å². The fraction of sp³-hybridized carbons (Fsp3) is 0.533. The normalized spacial score (nSPS) is 17.2. The van der Waals surface area contributed by atoms with E-state index in [1.54, 1.807) is 7.11 Å². The van der Waals surface area contributed by atoms with Gasteiger partial charge in [0.05, 0.1) is 17.6 Å². The van der Waals surface area contributed by atoms with E-state index in [0.717, 1.165) is 24.3 Å². The summed E-state index contributed by atoms with van der Waals surface area (Å²) in [6.45, 7) is 0.245. The number of carbonyl (C=O) groups is 1. The van der Waals surface area contributed by atoms with Crippen molar-refractivity contribution in [1.82, 2.24) is 4.72 Å². The smallest absolute Gasteiger partial charge is 0.411 e. The van der Waals surface area contributed by atoms with Gasteiger partial charge in [-0.3, -0.25) is 5.32 Å². The zero-order chi connectivity index (χ0) is 17.6. The Balaban J connectivity index is 2.03. The molecule has 0 unspecified atom stereocenters. The number of sulfonamides is 1. The number of rotatable bonds is 6. The van der Waals surface area contributed by atoms with Crippen LogP contribution in [0.2, 0.25) is 0 Å². The molecule has 0 atom stereocenters. The molecule has 1 saturated heterocycles. The van der Waals surface area contributed by atoms with Crippen LogP contribution in [0.3, 0.4) is 0 Å². The molecule has 1 amide bonds. The molecule has 1 heterocycles. The standard InChI is InChI=1S/C15H22N2O5S2/c1-21-14(18)17-12-3-5-13(6-4-12)24(19,20)16-11-15(22-2)7-9-23-10-8-15/h3-6,16H,7-11H2,1-2H3,(H,17,18). The van der Waals surface area contributed by atoms with Crippen molar-refractivity contribution in [2.75, 3.05) is 37.6 Å². The molecule has 1 fully saturated rings. The maximum absolute atomic E-state index is 12.4. The van der Waals surface area contributed by atoms with Gasteiger partial charge in [-0.2, -0.15) is 11.8 Å². The van der Waals surface area contributed by atoms with Gasteiger partial charge in [0.15, 0.2) is 0 Å². The molecule has 0 aromatic heterocycles. The number of anilines is 1. The van der Waals surface area contributed by atoms with E-state index >= 15 is 0 Å². The van der Waals surface area contributed by atoms with Crippen LogP contribution in [0.15, 0.2) is 29.2 Å². The molecule has 2 rings (SSSR count). The fourth-order valence-corrected chi connectivity index (χ4v) is 4.74. The van der Waals surface area contributed by atoms with Crippen molar-refractivity contribution >= 4 is 33.6 Å². The average molecular weight is 374 g/mol. The zero-order valence-electron chi connectivity index (χ0n) is 13.7. The van der Waals surface area contributed by atoms with Crippen LogP contribution in [0.1, 0.15) is 12.8 Å². The topological polar surface area (TPSA) is 93.7 Å². The molecule has 0 bridgehead atoms. The summed E-state index contributed by atoms with van der Waals surface area (Å²) in [5.41, 5.74) is 0.0171. The largest absolute Gasteiger partial charge is 0.453 e. The third kappa shape index (κ3) is 4.85. The van der Waals surface area contributed by atoms with E-state index in [-0.39, 0.29) is 11.4 Å². The van der Waals surface area contributed by atoms with E-state index in [2.05, 4.69) is 14.8 Å². The first kappa shape index (κ1) is 19.0. The van der Waals surface area contributed by atoms with Gasteiger partial charge < -0.3 is 9.47 Å². The molecule has 0 saturated carbocycles. The number of nitrogens with one attached hydrogen (secondary N) is 2. The lowest BCUT2D eigenvalue weighted by Crippen LogP contribution is -2.46. The molecule has 9 heteroatoms. The first-order valence-electron chi connectivity index (χ1n) is 7.48. The van der Waals surface area contributed by atoms with E-state index in [9.17, 15) is 13.2 Å². The molecular formula is C15H22N2O5S2. The van der Waals surface area contributed by atoms with Crippen molar-refractivity contribution in [1.29, 1.82) is 0 Å². The predicted octanol–water partition coefficient (Wildman–Crippen LogP) is 2.06. The van der Waals surface area contributed by atoms with Crippen LogP contribution in [0.25, 0.3) is 0 Å². The van der Waals surface area contributed by atoms with Crippen molar-refractivity contribution in [3.8, 4) is 0 Å². The molecule has 2 N–H and O–H groups in total. The minimum atomic E-state index is -3.64. The van der Waals surface area contributed by atoms with E-state index in [1.165, 1.54) is 31.4 Å². The van der Waals surface area contributed by atoms with Crippen LogP contribution in [-0.4, -0.2) is 52.4 Å². The van der Waals surface area contributed by atoms with Gasteiger partial charge in [-0.1, -0.05) is 0 Å². The van der Waals surface area contributed by atoms with Gasteiger partial charge >= 0.3 is 6.09 Å². The predicted molar refractivity (Wildman–Crippen MR) is 94.0 cm³/mol. The molecule has 0 spiro atoms. The Labute approximate surface area is 146 Å². The lowest BCUT2D eigenvalue weighted by Gasteiger charge is -2.35. The van der Waals surface area contributed by atoms with Gasteiger partial charge in [-0.05, 0) is 48.6 Å². The number of hydrogen-bond donors (Lipinski definition) is 2. The summed E-state index contributed by atoms with van der Waals surface area (Å²) in [7, 11) is -0.759. The second-order valence-corrected chi connectivity index (χ2v) is 8.46. The van der Waals surface area contributed by atoms with Crippen LogP contribution in [0.5, 0.6) is 0 Å². The molecule has 0 aliphatic carbocycles. The quantitative estimate of drug-likeness (QED) is 0.792. The highest BCUT2D eigenvalue weighted by molar-refractivity contribution is 7.99. The molecular weight excluding hydrogens is 352 g/mol. The molecule has 1 aliphatic heterocycles. The molecule has 0 radical (unpaired) electrons. The summed E-state index contributed by atoms with van der Waals surface area (Å²) < 4.78 is 37.6. The van der Waals surface area contributed by atoms with Gasteiger partial charge in [-0.15, -0.1) is 0 Å². The van der Waals surface area contributed by atoms with Crippen LogP contribution >= 0.6 is 11.8 Å². The van der Waals surface area contributed by atoms with E-state index in [1.807, 2.05) is 11.8 Å². The van der Waals surface area contributed by atoms with Crippen molar-refractivity contribution in [2.45, 2.75) is 23.3 Å². The number of carbonyl (C=O) groups excluding carboxylic acids is 1. The maximum atomic E-state index is 12.4. The van der Waals surface area contributed by atoms with Crippen molar-refractivity contribution < 1.29 is 22.7 Å². The van der Waals surface area contributed by atoms with Gasteiger partial charge in [0.1, 0.15) is 0 Å². The monoisotopic (exact) mass is 374 g/mol. The van der Waals surface area contributed by atoms with Gasteiger partial charge in [-0.25, -0.2) is 17.9 Å². The van der Waals surface area contributed by atoms with Crippen LogP contribution < -0.4 is 10.0 Å². The zero-order valence-corrected chi connectivity index (χ0v) is 15.3. The first-order chi connectivity index (χ1) is 11.4. The Hall–Kier alpha value is -1.29. The Morgan fingerprint density at radius 2 is 1.83 bits per heavy atom. The SMILES string of the molecule is COC(=O)Nc1ccc(S(=O)(=O)NCC2(OC)CCSCC2)cc1. The Morgan fingerprint density at radius 3 is 2.38 bits per heavy atom. The third-order valence-electron chi connectivity index (χ3n) is 4.02. The molecule has 1 aromatic rings. The summed E-state index contributed by atoms with van der Waals surface area (Å²) in [6.07, 6.45) is 1.03. The maximum Gasteiger partial charge on any atom is 0.411 e. The van der Waals surface area contributed by atoms with Crippen LogP contribution in [-0.2, 0) is 19.5 Å². The summed E-state index contributed by atoms with van der Waals surface area (Å²) in [6, 6.07) is 5.89. The lowest BCUT2D eigenvalue weighted by atomic mass is 9.97. The van der Waals surface area contributed by atoms with Gasteiger partial charge in [0.2, 0.25) is 10.0 Å². The second-order valence-electron chi connectivity index (χ2n) is 5.47. The summed E-state index contributed by atoms with van der Waals surface area (Å²) in [5, 5.41) is 2.47. The third-order valence-corrected chi connectivity index (χ3v) is 6.42. The van der Waals surface area contributed by atoms with Crippen molar-refractivity contribution in [3.05, 3.63) is 24.3 Å². The van der Waals surface area contributed by atoms with E-state index in [0.29, 0.717) is 5.69 Å². The second kappa shape index (κ2) is 8.19. The summed E-state index contributed by atoms with van der Waals surface area (Å²) >= 11 is 1.85. The van der Waals surface area contributed by atoms with Crippen molar-refractivity contribution in [2.24, 2.45) is 0 Å². The molecule has 134 valence electrons. The minimum Gasteiger partial charge on any atom is -0.453 e. The molecule has 1 aliphatic rings. The number of hydrogen-bond acceptors (Lipinski definition) is 6. The molecule has 7 nitrogen and oxygen atoms in total. The summed E-state index contributed by atoms with van der Waals surface area (Å²) in [5.74, 6) is 1.92. The Morgan fingerprint density at radius 1 is 1.21 bits per heavy atom. The Bertz CT molecular complexity index is 655. The van der Waals surface area contributed by atoms with Crippen LogP contribution in [0.4, 0.5) is 10.5 Å².